The average Bonchev–Trinajstić information content (AvgIpc) is 3.04. The van der Waals surface area contributed by atoms with Crippen LogP contribution in [0.25, 0.3) is 0 Å². The van der Waals surface area contributed by atoms with Crippen molar-refractivity contribution in [2.24, 2.45) is 7.05 Å². The molecule has 0 saturated carbocycles. The van der Waals surface area contributed by atoms with Crippen LogP contribution in [0.1, 0.15) is 50.3 Å². The monoisotopic (exact) mass is 352 g/mol. The van der Waals surface area contributed by atoms with Crippen LogP contribution < -0.4 is 5.32 Å². The first-order valence-electron chi connectivity index (χ1n) is 7.67. The zero-order chi connectivity index (χ0) is 15.4. The molecule has 0 amide bonds. The molecule has 0 aliphatic heterocycles. The summed E-state index contributed by atoms with van der Waals surface area (Å²) in [6, 6.07) is 4.67. The summed E-state index contributed by atoms with van der Waals surface area (Å²) in [5.41, 5.74) is 3.65. The van der Waals surface area contributed by atoms with Crippen molar-refractivity contribution in [2.75, 3.05) is 6.54 Å². The third kappa shape index (κ3) is 3.58. The van der Waals surface area contributed by atoms with Crippen LogP contribution in [0.3, 0.4) is 0 Å². The minimum absolute atomic E-state index is 0.359. The largest absolute Gasteiger partial charge is 0.344 e. The van der Waals surface area contributed by atoms with Crippen molar-refractivity contribution in [2.45, 2.75) is 46.2 Å². The molecule has 0 saturated heterocycles. The topological polar surface area (TPSA) is 34.8 Å². The smallest absolute Gasteiger partial charge is 0.0767 e. The van der Waals surface area contributed by atoms with E-state index in [1.165, 1.54) is 11.4 Å². The Morgan fingerprint density at radius 1 is 1.38 bits per heavy atom. The SMILES string of the molecule is CCCNC(C)c1cccn1Cc1c(Br)c(CC)nn1C. The lowest BCUT2D eigenvalue weighted by Crippen LogP contribution is -2.22. The van der Waals surface area contributed by atoms with Gasteiger partial charge in [-0.25, -0.2) is 0 Å². The van der Waals surface area contributed by atoms with E-state index in [1.807, 2.05) is 11.7 Å². The van der Waals surface area contributed by atoms with Gasteiger partial charge in [-0.05, 0) is 54.4 Å². The van der Waals surface area contributed by atoms with Gasteiger partial charge in [0.2, 0.25) is 0 Å². The Bertz CT molecular complexity index is 585. The second-order valence-electron chi connectivity index (χ2n) is 5.42. The van der Waals surface area contributed by atoms with Gasteiger partial charge in [0.25, 0.3) is 0 Å². The molecule has 0 fully saturated rings. The Morgan fingerprint density at radius 3 is 2.76 bits per heavy atom. The van der Waals surface area contributed by atoms with Crippen molar-refractivity contribution >= 4 is 15.9 Å². The minimum atomic E-state index is 0.359. The van der Waals surface area contributed by atoms with Crippen molar-refractivity contribution in [1.29, 1.82) is 0 Å². The Balaban J connectivity index is 2.21. The first-order valence-corrected chi connectivity index (χ1v) is 8.46. The van der Waals surface area contributed by atoms with Crippen LogP contribution in [0, 0.1) is 0 Å². The van der Waals surface area contributed by atoms with Crippen LogP contribution in [0.4, 0.5) is 0 Å². The average molecular weight is 353 g/mol. The second-order valence-corrected chi connectivity index (χ2v) is 6.21. The fourth-order valence-corrected chi connectivity index (χ4v) is 3.32. The van der Waals surface area contributed by atoms with Crippen LogP contribution in [0.5, 0.6) is 0 Å². The van der Waals surface area contributed by atoms with Gasteiger partial charge in [-0.2, -0.15) is 5.10 Å². The summed E-state index contributed by atoms with van der Waals surface area (Å²) in [6.45, 7) is 8.43. The van der Waals surface area contributed by atoms with Crippen LogP contribution in [0.2, 0.25) is 0 Å². The number of aryl methyl sites for hydroxylation is 2. The van der Waals surface area contributed by atoms with E-state index in [0.29, 0.717) is 6.04 Å². The van der Waals surface area contributed by atoms with E-state index >= 15 is 0 Å². The van der Waals surface area contributed by atoms with E-state index < -0.39 is 0 Å². The van der Waals surface area contributed by atoms with E-state index in [9.17, 15) is 0 Å². The highest BCUT2D eigenvalue weighted by Crippen LogP contribution is 2.24. The molecule has 0 bridgehead atoms. The molecule has 0 radical (unpaired) electrons. The molecule has 0 aromatic carbocycles. The second kappa shape index (κ2) is 7.27. The highest BCUT2D eigenvalue weighted by Gasteiger charge is 2.15. The van der Waals surface area contributed by atoms with Crippen molar-refractivity contribution in [1.82, 2.24) is 19.7 Å². The van der Waals surface area contributed by atoms with E-state index in [0.717, 1.165) is 36.1 Å². The molecule has 0 spiro atoms. The highest BCUT2D eigenvalue weighted by atomic mass is 79.9. The summed E-state index contributed by atoms with van der Waals surface area (Å²) >= 11 is 3.70. The molecule has 0 aliphatic rings. The Morgan fingerprint density at radius 2 is 2.14 bits per heavy atom. The van der Waals surface area contributed by atoms with Gasteiger partial charge >= 0.3 is 0 Å². The fourth-order valence-electron chi connectivity index (χ4n) is 2.58. The Hall–Kier alpha value is -1.07. The van der Waals surface area contributed by atoms with Gasteiger partial charge in [0, 0.05) is 25.0 Å². The van der Waals surface area contributed by atoms with E-state index in [4.69, 9.17) is 0 Å². The molecule has 116 valence electrons. The molecular weight excluding hydrogens is 328 g/mol. The van der Waals surface area contributed by atoms with Crippen LogP contribution >= 0.6 is 15.9 Å². The lowest BCUT2D eigenvalue weighted by Gasteiger charge is -2.17. The maximum atomic E-state index is 4.57. The zero-order valence-electron chi connectivity index (χ0n) is 13.4. The third-order valence-corrected chi connectivity index (χ3v) is 4.75. The van der Waals surface area contributed by atoms with Gasteiger partial charge in [0.15, 0.2) is 0 Å². The minimum Gasteiger partial charge on any atom is -0.344 e. The molecule has 5 heteroatoms. The number of hydrogen-bond donors (Lipinski definition) is 1. The van der Waals surface area contributed by atoms with E-state index in [2.05, 4.69) is 70.0 Å². The predicted octanol–water partition coefficient (Wildman–Crippen LogP) is 3.66. The predicted molar refractivity (Wildman–Crippen MR) is 90.5 cm³/mol. The van der Waals surface area contributed by atoms with Crippen molar-refractivity contribution in [3.63, 3.8) is 0 Å². The van der Waals surface area contributed by atoms with Crippen molar-refractivity contribution in [3.05, 3.63) is 39.9 Å². The van der Waals surface area contributed by atoms with Crippen LogP contribution in [0.15, 0.2) is 22.8 Å². The van der Waals surface area contributed by atoms with Gasteiger partial charge in [-0.1, -0.05) is 13.8 Å². The molecule has 2 heterocycles. The third-order valence-electron chi connectivity index (χ3n) is 3.83. The van der Waals surface area contributed by atoms with Gasteiger partial charge in [-0.3, -0.25) is 4.68 Å². The molecular formula is C16H25BrN4. The standard InChI is InChI=1S/C16H25BrN4/c1-5-9-18-12(3)14-8-7-10-21(14)11-15-16(17)13(6-2)19-20(15)4/h7-8,10,12,18H,5-6,9,11H2,1-4H3. The molecule has 1 N–H and O–H groups in total. The molecule has 1 atom stereocenters. The first kappa shape index (κ1) is 16.3. The number of nitrogens with zero attached hydrogens (tertiary/aromatic N) is 3. The fraction of sp³-hybridized carbons (Fsp3) is 0.562. The molecule has 4 nitrogen and oxygen atoms in total. The Kier molecular flexibility index (Phi) is 5.65. The van der Waals surface area contributed by atoms with Gasteiger partial charge in [0.1, 0.15) is 0 Å². The van der Waals surface area contributed by atoms with Crippen molar-refractivity contribution < 1.29 is 0 Å². The molecule has 2 aromatic rings. The summed E-state index contributed by atoms with van der Waals surface area (Å²) in [6.07, 6.45) is 4.24. The summed E-state index contributed by atoms with van der Waals surface area (Å²) in [4.78, 5) is 0. The molecule has 0 aliphatic carbocycles. The Labute approximate surface area is 135 Å². The van der Waals surface area contributed by atoms with Gasteiger partial charge < -0.3 is 9.88 Å². The first-order chi connectivity index (χ1) is 10.1. The summed E-state index contributed by atoms with van der Waals surface area (Å²) in [5.74, 6) is 0. The zero-order valence-corrected chi connectivity index (χ0v) is 14.9. The maximum absolute atomic E-state index is 4.57. The van der Waals surface area contributed by atoms with Crippen molar-refractivity contribution in [3.8, 4) is 0 Å². The lowest BCUT2D eigenvalue weighted by molar-refractivity contribution is 0.528. The molecule has 2 rings (SSSR count). The van der Waals surface area contributed by atoms with E-state index in [1.54, 1.807) is 0 Å². The van der Waals surface area contributed by atoms with E-state index in [-0.39, 0.29) is 0 Å². The number of hydrogen-bond acceptors (Lipinski definition) is 2. The number of nitrogens with one attached hydrogen (secondary N) is 1. The van der Waals surface area contributed by atoms with Gasteiger partial charge in [0.05, 0.1) is 22.4 Å². The summed E-state index contributed by atoms with van der Waals surface area (Å²) < 4.78 is 5.42. The quantitative estimate of drug-likeness (QED) is 0.825. The summed E-state index contributed by atoms with van der Waals surface area (Å²) in [5, 5.41) is 8.13. The normalized spacial score (nSPS) is 12.8. The van der Waals surface area contributed by atoms with Crippen LogP contribution in [-0.4, -0.2) is 20.9 Å². The highest BCUT2D eigenvalue weighted by molar-refractivity contribution is 9.10. The molecule has 21 heavy (non-hydrogen) atoms. The number of rotatable bonds is 7. The van der Waals surface area contributed by atoms with Gasteiger partial charge in [-0.15, -0.1) is 0 Å². The molecule has 1 unspecified atom stereocenters. The summed E-state index contributed by atoms with van der Waals surface area (Å²) in [7, 11) is 2.02. The molecule has 2 aromatic heterocycles. The lowest BCUT2D eigenvalue weighted by atomic mass is 10.2. The number of aromatic nitrogens is 3. The maximum Gasteiger partial charge on any atom is 0.0767 e. The van der Waals surface area contributed by atoms with Crippen LogP contribution in [-0.2, 0) is 20.0 Å². The number of halogens is 1.